The number of nitro benzene ring substituents is 1. The van der Waals surface area contributed by atoms with E-state index in [1.807, 2.05) is 30.3 Å². The molecule has 2 aliphatic rings. The molecule has 6 nitrogen and oxygen atoms in total. The second-order valence-corrected chi connectivity index (χ2v) is 8.86. The summed E-state index contributed by atoms with van der Waals surface area (Å²) in [5.74, 6) is 0. The standard InChI is InChI=1S/C24H30ClN3O3/c1-2-20-6-3-4-14-27(20)23-12-11-21(28(29)30)16-22(23)24-26(13-5-15-31-24)17-18-7-9-19(25)10-8-18/h7-12,16,20,24H,2-6,13-15,17H2,1H3/t20-,24+/m0/s1. The van der Waals surface area contributed by atoms with E-state index < -0.39 is 0 Å². The number of halogens is 1. The highest BCUT2D eigenvalue weighted by atomic mass is 35.5. The summed E-state index contributed by atoms with van der Waals surface area (Å²) in [5, 5.41) is 12.3. The van der Waals surface area contributed by atoms with Gasteiger partial charge in [-0.2, -0.15) is 0 Å². The Hall–Kier alpha value is -2.15. The number of nitro groups is 1. The minimum Gasteiger partial charge on any atom is -0.368 e. The van der Waals surface area contributed by atoms with Crippen LogP contribution in [-0.2, 0) is 11.3 Å². The average molecular weight is 444 g/mol. The van der Waals surface area contributed by atoms with Gasteiger partial charge in [0.2, 0.25) is 0 Å². The fraction of sp³-hybridized carbons (Fsp3) is 0.500. The van der Waals surface area contributed by atoms with Crippen molar-refractivity contribution in [2.75, 3.05) is 24.6 Å². The molecule has 2 aromatic carbocycles. The van der Waals surface area contributed by atoms with Crippen LogP contribution >= 0.6 is 11.6 Å². The predicted octanol–water partition coefficient (Wildman–Crippen LogP) is 5.94. The van der Waals surface area contributed by atoms with E-state index in [1.165, 1.54) is 6.42 Å². The molecule has 2 fully saturated rings. The Balaban J connectivity index is 1.71. The molecule has 166 valence electrons. The molecule has 31 heavy (non-hydrogen) atoms. The summed E-state index contributed by atoms with van der Waals surface area (Å²) in [6, 6.07) is 13.6. The van der Waals surface area contributed by atoms with Crippen molar-refractivity contribution < 1.29 is 9.66 Å². The molecule has 0 N–H and O–H groups in total. The monoisotopic (exact) mass is 443 g/mol. The summed E-state index contributed by atoms with van der Waals surface area (Å²) >= 11 is 6.05. The molecule has 0 radical (unpaired) electrons. The number of benzene rings is 2. The first-order valence-electron chi connectivity index (χ1n) is 11.2. The van der Waals surface area contributed by atoms with Gasteiger partial charge in [-0.3, -0.25) is 15.0 Å². The first-order chi connectivity index (χ1) is 15.1. The van der Waals surface area contributed by atoms with Crippen LogP contribution in [0.2, 0.25) is 5.02 Å². The molecule has 7 heteroatoms. The fourth-order valence-electron chi connectivity index (χ4n) is 4.82. The summed E-state index contributed by atoms with van der Waals surface area (Å²) < 4.78 is 6.26. The Kier molecular flexibility index (Phi) is 7.10. The Morgan fingerprint density at radius 2 is 1.94 bits per heavy atom. The topological polar surface area (TPSA) is 58.9 Å². The van der Waals surface area contributed by atoms with Crippen LogP contribution in [-0.4, -0.2) is 35.6 Å². The smallest absolute Gasteiger partial charge is 0.270 e. The van der Waals surface area contributed by atoms with E-state index in [2.05, 4.69) is 16.7 Å². The van der Waals surface area contributed by atoms with E-state index in [1.54, 1.807) is 12.1 Å². The van der Waals surface area contributed by atoms with E-state index >= 15 is 0 Å². The number of anilines is 1. The van der Waals surface area contributed by atoms with Crippen molar-refractivity contribution in [3.8, 4) is 0 Å². The molecule has 2 heterocycles. The second kappa shape index (κ2) is 9.98. The summed E-state index contributed by atoms with van der Waals surface area (Å²) in [4.78, 5) is 16.0. The van der Waals surface area contributed by atoms with Crippen LogP contribution in [0.1, 0.15) is 56.4 Å². The molecular weight excluding hydrogens is 414 g/mol. The van der Waals surface area contributed by atoms with Gasteiger partial charge in [-0.15, -0.1) is 0 Å². The lowest BCUT2D eigenvalue weighted by molar-refractivity contribution is -0.385. The highest BCUT2D eigenvalue weighted by Gasteiger charge is 2.32. The maximum Gasteiger partial charge on any atom is 0.270 e. The van der Waals surface area contributed by atoms with Gasteiger partial charge < -0.3 is 9.64 Å². The molecule has 0 saturated carbocycles. The summed E-state index contributed by atoms with van der Waals surface area (Å²) in [6.07, 6.45) is 5.24. The van der Waals surface area contributed by atoms with Crippen molar-refractivity contribution in [2.45, 2.75) is 57.8 Å². The van der Waals surface area contributed by atoms with E-state index in [0.717, 1.165) is 55.6 Å². The molecule has 4 rings (SSSR count). The first kappa shape index (κ1) is 22.1. The lowest BCUT2D eigenvalue weighted by atomic mass is 9.97. The Bertz CT molecular complexity index is 905. The third-order valence-corrected chi connectivity index (χ3v) is 6.64. The van der Waals surface area contributed by atoms with Crippen molar-refractivity contribution in [3.63, 3.8) is 0 Å². The van der Waals surface area contributed by atoms with E-state index in [0.29, 0.717) is 24.2 Å². The van der Waals surface area contributed by atoms with Gasteiger partial charge in [-0.1, -0.05) is 30.7 Å². The molecule has 2 aliphatic heterocycles. The molecule has 0 spiro atoms. The van der Waals surface area contributed by atoms with E-state index in [9.17, 15) is 10.1 Å². The van der Waals surface area contributed by atoms with Gasteiger partial charge in [-0.05, 0) is 55.9 Å². The van der Waals surface area contributed by atoms with Gasteiger partial charge >= 0.3 is 0 Å². The number of non-ortho nitro benzene ring substituents is 1. The summed E-state index contributed by atoms with van der Waals surface area (Å²) in [7, 11) is 0. The zero-order chi connectivity index (χ0) is 21.8. The van der Waals surface area contributed by atoms with Gasteiger partial charge in [-0.25, -0.2) is 0 Å². The maximum atomic E-state index is 11.6. The number of rotatable bonds is 6. The van der Waals surface area contributed by atoms with Crippen molar-refractivity contribution in [3.05, 3.63) is 68.7 Å². The largest absolute Gasteiger partial charge is 0.368 e. The highest BCUT2D eigenvalue weighted by Crippen LogP contribution is 2.39. The molecule has 0 bridgehead atoms. The van der Waals surface area contributed by atoms with Crippen LogP contribution in [0.3, 0.4) is 0 Å². The molecule has 2 saturated heterocycles. The number of hydrogen-bond donors (Lipinski definition) is 0. The molecule has 0 amide bonds. The molecule has 0 aliphatic carbocycles. The lowest BCUT2D eigenvalue weighted by Crippen LogP contribution is -2.42. The Morgan fingerprint density at radius 1 is 1.13 bits per heavy atom. The maximum absolute atomic E-state index is 11.6. The van der Waals surface area contributed by atoms with Crippen LogP contribution in [0.5, 0.6) is 0 Å². The van der Waals surface area contributed by atoms with Crippen LogP contribution in [0.25, 0.3) is 0 Å². The minimum atomic E-state index is -0.312. The minimum absolute atomic E-state index is 0.115. The predicted molar refractivity (Wildman–Crippen MR) is 124 cm³/mol. The lowest BCUT2D eigenvalue weighted by Gasteiger charge is -2.42. The van der Waals surface area contributed by atoms with Crippen molar-refractivity contribution in [2.24, 2.45) is 0 Å². The van der Waals surface area contributed by atoms with Crippen molar-refractivity contribution in [1.82, 2.24) is 4.90 Å². The summed E-state index contributed by atoms with van der Waals surface area (Å²) in [6.45, 7) is 5.44. The van der Waals surface area contributed by atoms with Crippen LogP contribution in [0.4, 0.5) is 11.4 Å². The van der Waals surface area contributed by atoms with Gasteiger partial charge in [0.25, 0.3) is 5.69 Å². The zero-order valence-corrected chi connectivity index (χ0v) is 18.8. The number of ether oxygens (including phenoxy) is 1. The number of nitrogens with zero attached hydrogens (tertiary/aromatic N) is 3. The molecule has 0 aromatic heterocycles. The molecule has 2 aromatic rings. The molecule has 2 atom stereocenters. The zero-order valence-electron chi connectivity index (χ0n) is 18.0. The van der Waals surface area contributed by atoms with E-state index in [4.69, 9.17) is 16.3 Å². The van der Waals surface area contributed by atoms with Crippen molar-refractivity contribution >= 4 is 23.0 Å². The Labute approximate surface area is 188 Å². The van der Waals surface area contributed by atoms with Gasteiger partial charge in [0.05, 0.1) is 11.5 Å². The molecular formula is C24H30ClN3O3. The average Bonchev–Trinajstić information content (AvgIpc) is 2.80. The third-order valence-electron chi connectivity index (χ3n) is 6.39. The second-order valence-electron chi connectivity index (χ2n) is 8.43. The highest BCUT2D eigenvalue weighted by molar-refractivity contribution is 6.30. The van der Waals surface area contributed by atoms with Gasteiger partial charge in [0.15, 0.2) is 0 Å². The van der Waals surface area contributed by atoms with Gasteiger partial charge in [0.1, 0.15) is 6.23 Å². The van der Waals surface area contributed by atoms with Gasteiger partial charge in [0, 0.05) is 54.1 Å². The quantitative estimate of drug-likeness (QED) is 0.408. The van der Waals surface area contributed by atoms with E-state index in [-0.39, 0.29) is 16.8 Å². The Morgan fingerprint density at radius 3 is 2.68 bits per heavy atom. The van der Waals surface area contributed by atoms with Crippen LogP contribution < -0.4 is 4.90 Å². The number of hydrogen-bond acceptors (Lipinski definition) is 5. The third kappa shape index (κ3) is 5.03. The fourth-order valence-corrected chi connectivity index (χ4v) is 4.94. The summed E-state index contributed by atoms with van der Waals surface area (Å²) in [5.41, 5.74) is 3.24. The molecule has 0 unspecified atom stereocenters. The SMILES string of the molecule is CC[C@H]1CCCCN1c1ccc([N+](=O)[O-])cc1[C@H]1OCCCN1Cc1ccc(Cl)cc1. The van der Waals surface area contributed by atoms with Crippen LogP contribution in [0, 0.1) is 10.1 Å². The number of piperidine rings is 1. The first-order valence-corrected chi connectivity index (χ1v) is 11.6. The van der Waals surface area contributed by atoms with Crippen molar-refractivity contribution in [1.29, 1.82) is 0 Å². The van der Waals surface area contributed by atoms with Crippen LogP contribution in [0.15, 0.2) is 42.5 Å². The normalized spacial score (nSPS) is 22.5.